The molecule has 1 aromatic heterocycles. The summed E-state index contributed by atoms with van der Waals surface area (Å²) >= 11 is 0. The topological polar surface area (TPSA) is 19.6 Å². The lowest BCUT2D eigenvalue weighted by Crippen LogP contribution is -2.15. The molecule has 0 amide bonds. The first-order chi connectivity index (χ1) is 42.4. The van der Waals surface area contributed by atoms with Crippen LogP contribution >= 0.6 is 0 Å². The third kappa shape index (κ3) is 9.86. The van der Waals surface area contributed by atoms with Crippen molar-refractivity contribution < 1.29 is 4.42 Å². The molecule has 3 nitrogen and oxygen atoms in total. The molecular weight excluding hydrogens is 1050 g/mol. The van der Waals surface area contributed by atoms with Gasteiger partial charge in [0.1, 0.15) is 11.2 Å². The zero-order valence-electron chi connectivity index (χ0n) is 50.0. The monoisotopic (exact) mass is 1120 g/mol. The highest BCUT2D eigenvalue weighted by Crippen LogP contribution is 2.48. The zero-order chi connectivity index (χ0) is 59.0. The molecule has 418 valence electrons. The third-order valence-electron chi connectivity index (χ3n) is 17.7. The van der Waals surface area contributed by atoms with Gasteiger partial charge in [0.25, 0.3) is 0 Å². The fourth-order valence-electron chi connectivity index (χ4n) is 13.0. The molecule has 0 bridgehead atoms. The van der Waals surface area contributed by atoms with Crippen molar-refractivity contribution in [3.05, 3.63) is 302 Å². The van der Waals surface area contributed by atoms with Crippen molar-refractivity contribution in [3.63, 3.8) is 0 Å². The standard InChI is InChI=1S/C84H66N2O/c1-83(2,3)65-37-45-75(57-19-9-7-10-20-57)79(53-65)85(67-39-31-59(32-40-67)73-29-17-25-55-23-13-15-27-71(55)73)69-43-35-61-49-77-78-50-62-36-44-70(48-64(62)52-82(78)87-81(77)51-63(61)47-69)86(80-54-66(84(4,5)6)38-46-76(80)58-21-11-8-12-22-58)68-41-33-60(34-42-68)74-30-18-26-56-24-14-16-28-72(56)74/h7-54H,1-6H3. The highest BCUT2D eigenvalue weighted by Gasteiger charge is 2.25. The van der Waals surface area contributed by atoms with Gasteiger partial charge in [-0.2, -0.15) is 0 Å². The van der Waals surface area contributed by atoms with Gasteiger partial charge in [0.05, 0.1) is 11.4 Å². The van der Waals surface area contributed by atoms with E-state index in [0.29, 0.717) is 0 Å². The predicted molar refractivity (Wildman–Crippen MR) is 372 cm³/mol. The third-order valence-corrected chi connectivity index (χ3v) is 17.7. The van der Waals surface area contributed by atoms with Crippen LogP contribution in [0.5, 0.6) is 0 Å². The lowest BCUT2D eigenvalue weighted by Gasteiger charge is -2.30. The molecule has 0 unspecified atom stereocenters. The van der Waals surface area contributed by atoms with Crippen molar-refractivity contribution in [2.75, 3.05) is 9.80 Å². The van der Waals surface area contributed by atoms with Crippen LogP contribution < -0.4 is 9.80 Å². The Morgan fingerprint density at radius 1 is 0.241 bits per heavy atom. The van der Waals surface area contributed by atoms with Crippen LogP contribution in [-0.4, -0.2) is 0 Å². The second-order valence-corrected chi connectivity index (χ2v) is 25.4. The largest absolute Gasteiger partial charge is 0.456 e. The molecule has 1 heterocycles. The summed E-state index contributed by atoms with van der Waals surface area (Å²) in [6.07, 6.45) is 0. The van der Waals surface area contributed by atoms with Crippen molar-refractivity contribution >= 4 is 99.2 Å². The quantitative estimate of drug-likeness (QED) is 0.136. The highest BCUT2D eigenvalue weighted by atomic mass is 16.3. The molecule has 3 heteroatoms. The molecule has 15 aromatic rings. The van der Waals surface area contributed by atoms with Crippen LogP contribution in [0, 0.1) is 0 Å². The minimum Gasteiger partial charge on any atom is -0.456 e. The molecule has 15 rings (SSSR count). The first-order valence-electron chi connectivity index (χ1n) is 30.4. The van der Waals surface area contributed by atoms with E-state index in [1.807, 2.05) is 0 Å². The molecule has 14 aromatic carbocycles. The van der Waals surface area contributed by atoms with Crippen LogP contribution in [-0.2, 0) is 10.8 Å². The maximum atomic E-state index is 7.01. The molecule has 0 aliphatic carbocycles. The molecule has 0 radical (unpaired) electrons. The maximum absolute atomic E-state index is 7.01. The highest BCUT2D eigenvalue weighted by molar-refractivity contribution is 6.14. The van der Waals surface area contributed by atoms with Gasteiger partial charge in [0.2, 0.25) is 0 Å². The summed E-state index contributed by atoms with van der Waals surface area (Å²) in [7, 11) is 0. The van der Waals surface area contributed by atoms with E-state index in [0.717, 1.165) is 88.7 Å². The zero-order valence-corrected chi connectivity index (χ0v) is 50.0. The second kappa shape index (κ2) is 21.2. The molecule has 0 fully saturated rings. The van der Waals surface area contributed by atoms with E-state index in [4.69, 9.17) is 4.42 Å². The molecule has 0 atom stereocenters. The van der Waals surface area contributed by atoms with Gasteiger partial charge in [-0.05, 0) is 183 Å². The second-order valence-electron chi connectivity index (χ2n) is 25.4. The summed E-state index contributed by atoms with van der Waals surface area (Å²) in [4.78, 5) is 4.89. The summed E-state index contributed by atoms with van der Waals surface area (Å²) < 4.78 is 7.01. The molecular formula is C84H66N2O. The van der Waals surface area contributed by atoms with E-state index in [2.05, 4.69) is 343 Å². The minimum absolute atomic E-state index is 0.0781. The Kier molecular flexibility index (Phi) is 13.0. The van der Waals surface area contributed by atoms with Crippen molar-refractivity contribution in [1.29, 1.82) is 0 Å². The Labute approximate surface area is 509 Å². The maximum Gasteiger partial charge on any atom is 0.136 e. The summed E-state index contributed by atoms with van der Waals surface area (Å²) in [6.45, 7) is 13.8. The van der Waals surface area contributed by atoms with Gasteiger partial charge in [-0.25, -0.2) is 0 Å². The number of nitrogens with zero attached hydrogens (tertiary/aromatic N) is 2. The van der Waals surface area contributed by atoms with Gasteiger partial charge in [0.15, 0.2) is 0 Å². The van der Waals surface area contributed by atoms with Gasteiger partial charge < -0.3 is 14.2 Å². The first-order valence-corrected chi connectivity index (χ1v) is 30.4. The van der Waals surface area contributed by atoms with E-state index >= 15 is 0 Å². The fourth-order valence-corrected chi connectivity index (χ4v) is 13.0. The first kappa shape index (κ1) is 53.3. The Balaban J connectivity index is 0.861. The number of furan rings is 1. The van der Waals surface area contributed by atoms with Gasteiger partial charge in [-0.1, -0.05) is 248 Å². The Bertz CT molecular complexity index is 4770. The Hall–Kier alpha value is -10.5. The van der Waals surface area contributed by atoms with Crippen molar-refractivity contribution in [1.82, 2.24) is 0 Å². The normalized spacial score (nSPS) is 12.0. The molecule has 0 N–H and O–H groups in total. The smallest absolute Gasteiger partial charge is 0.136 e. The number of rotatable bonds is 10. The lowest BCUT2D eigenvalue weighted by atomic mass is 9.85. The lowest BCUT2D eigenvalue weighted by molar-refractivity contribution is 0.590. The van der Waals surface area contributed by atoms with Crippen LogP contribution in [0.3, 0.4) is 0 Å². The van der Waals surface area contributed by atoms with E-state index in [1.54, 1.807) is 0 Å². The SMILES string of the molecule is CC(C)(C)c1ccc(-c2ccccc2)c(N(c2ccc(-c3cccc4ccccc34)cc2)c2ccc3cc4c(cc3c2)oc2cc3cc(N(c5ccc(-c6cccc7ccccc67)cc5)c5cc(C(C)(C)C)ccc5-c5ccccc5)ccc3cc24)c1. The molecule has 0 aliphatic heterocycles. The molecule has 0 spiro atoms. The minimum atomic E-state index is -0.0781. The Morgan fingerprint density at radius 3 is 1.02 bits per heavy atom. The van der Waals surface area contributed by atoms with Crippen LogP contribution in [0.2, 0.25) is 0 Å². The summed E-state index contributed by atoms with van der Waals surface area (Å²) in [5.74, 6) is 0. The number of anilines is 6. The predicted octanol–water partition coefficient (Wildman–Crippen LogP) is 24.4. The number of benzene rings is 14. The molecule has 0 saturated heterocycles. The van der Waals surface area contributed by atoms with E-state index < -0.39 is 0 Å². The van der Waals surface area contributed by atoms with Gasteiger partial charge in [0, 0.05) is 44.6 Å². The van der Waals surface area contributed by atoms with Crippen molar-refractivity contribution in [2.45, 2.75) is 52.4 Å². The van der Waals surface area contributed by atoms with Crippen LogP contribution in [0.15, 0.2) is 296 Å². The average Bonchev–Trinajstić information content (AvgIpc) is 2.19. The van der Waals surface area contributed by atoms with Crippen molar-refractivity contribution in [3.8, 4) is 44.5 Å². The van der Waals surface area contributed by atoms with Crippen molar-refractivity contribution in [2.24, 2.45) is 0 Å². The van der Waals surface area contributed by atoms with E-state index in [1.165, 1.54) is 66.1 Å². The molecule has 0 saturated carbocycles. The summed E-state index contributed by atoms with van der Waals surface area (Å²) in [6, 6.07) is 107. The van der Waals surface area contributed by atoms with Gasteiger partial charge >= 0.3 is 0 Å². The molecule has 0 aliphatic rings. The summed E-state index contributed by atoms with van der Waals surface area (Å²) in [5, 5.41) is 11.7. The molecule has 87 heavy (non-hydrogen) atoms. The van der Waals surface area contributed by atoms with Crippen LogP contribution in [0.1, 0.15) is 52.7 Å². The van der Waals surface area contributed by atoms with Gasteiger partial charge in [-0.3, -0.25) is 0 Å². The van der Waals surface area contributed by atoms with E-state index in [9.17, 15) is 0 Å². The average molecular weight is 1120 g/mol. The van der Waals surface area contributed by atoms with Crippen LogP contribution in [0.25, 0.3) is 110 Å². The fraction of sp³-hybridized carbons (Fsp3) is 0.0952. The number of hydrogen-bond donors (Lipinski definition) is 0. The number of hydrogen-bond acceptors (Lipinski definition) is 3. The van der Waals surface area contributed by atoms with Crippen LogP contribution in [0.4, 0.5) is 34.1 Å². The summed E-state index contributed by atoms with van der Waals surface area (Å²) in [5.41, 5.74) is 20.1. The van der Waals surface area contributed by atoms with E-state index in [-0.39, 0.29) is 10.8 Å². The van der Waals surface area contributed by atoms with Gasteiger partial charge in [-0.15, -0.1) is 0 Å². The number of fused-ring (bicyclic) bond motifs is 7. The Morgan fingerprint density at radius 2 is 0.609 bits per heavy atom.